The van der Waals surface area contributed by atoms with Crippen LogP contribution in [0.15, 0.2) is 48.8 Å². The Morgan fingerprint density at radius 1 is 1.04 bits per heavy atom. The minimum absolute atomic E-state index is 0.0261. The fraction of sp³-hybridized carbons (Fsp3) is 0.381. The average Bonchev–Trinajstić information content (AvgIpc) is 2.72. The fourth-order valence-electron chi connectivity index (χ4n) is 3.11. The number of benzene rings is 1. The predicted molar refractivity (Wildman–Crippen MR) is 103 cm³/mol. The van der Waals surface area contributed by atoms with Crippen molar-refractivity contribution in [3.8, 4) is 5.75 Å². The number of para-hydroxylation sites is 1. The SMILES string of the molecule is Cc1ccccc1OCCCC(=O)N1CCN(C(=O)c2cccnc2)CC1. The molecule has 1 saturated heterocycles. The predicted octanol–water partition coefficient (Wildman–Crippen LogP) is 2.53. The summed E-state index contributed by atoms with van der Waals surface area (Å²) in [5.41, 5.74) is 1.68. The second kappa shape index (κ2) is 9.16. The molecule has 2 heterocycles. The van der Waals surface area contributed by atoms with Gasteiger partial charge in [0, 0.05) is 45.0 Å². The molecule has 0 saturated carbocycles. The van der Waals surface area contributed by atoms with Gasteiger partial charge in [-0.25, -0.2) is 0 Å². The molecule has 0 radical (unpaired) electrons. The van der Waals surface area contributed by atoms with Crippen molar-refractivity contribution >= 4 is 11.8 Å². The van der Waals surface area contributed by atoms with Crippen molar-refractivity contribution in [2.24, 2.45) is 0 Å². The van der Waals surface area contributed by atoms with Crippen LogP contribution in [0.1, 0.15) is 28.8 Å². The first-order chi connectivity index (χ1) is 13.1. The first kappa shape index (κ1) is 18.9. The molecule has 0 unspecified atom stereocenters. The molecule has 27 heavy (non-hydrogen) atoms. The first-order valence-electron chi connectivity index (χ1n) is 9.30. The van der Waals surface area contributed by atoms with E-state index in [-0.39, 0.29) is 11.8 Å². The molecule has 6 heteroatoms. The molecule has 142 valence electrons. The number of nitrogens with zero attached hydrogens (tertiary/aromatic N) is 3. The van der Waals surface area contributed by atoms with Crippen molar-refractivity contribution in [1.29, 1.82) is 0 Å². The molecule has 1 aromatic carbocycles. The van der Waals surface area contributed by atoms with Crippen molar-refractivity contribution < 1.29 is 14.3 Å². The molecule has 0 atom stereocenters. The van der Waals surface area contributed by atoms with Gasteiger partial charge in [-0.15, -0.1) is 0 Å². The summed E-state index contributed by atoms with van der Waals surface area (Å²) < 4.78 is 5.74. The van der Waals surface area contributed by atoms with Gasteiger partial charge in [0.05, 0.1) is 12.2 Å². The fourth-order valence-corrected chi connectivity index (χ4v) is 3.11. The van der Waals surface area contributed by atoms with Gasteiger partial charge in [0.2, 0.25) is 5.91 Å². The lowest BCUT2D eigenvalue weighted by Crippen LogP contribution is -2.50. The van der Waals surface area contributed by atoms with Crippen LogP contribution in [0.4, 0.5) is 0 Å². The quantitative estimate of drug-likeness (QED) is 0.736. The van der Waals surface area contributed by atoms with Crippen molar-refractivity contribution in [1.82, 2.24) is 14.8 Å². The highest BCUT2D eigenvalue weighted by molar-refractivity contribution is 5.94. The summed E-state index contributed by atoms with van der Waals surface area (Å²) in [5.74, 6) is 0.964. The number of carbonyl (C=O) groups is 2. The first-order valence-corrected chi connectivity index (χ1v) is 9.30. The highest BCUT2D eigenvalue weighted by Gasteiger charge is 2.24. The topological polar surface area (TPSA) is 62.7 Å². The van der Waals surface area contributed by atoms with Gasteiger partial charge in [-0.3, -0.25) is 14.6 Å². The molecule has 2 aromatic rings. The van der Waals surface area contributed by atoms with E-state index in [1.165, 1.54) is 0 Å². The third kappa shape index (κ3) is 5.06. The lowest BCUT2D eigenvalue weighted by atomic mass is 10.2. The van der Waals surface area contributed by atoms with Crippen LogP contribution < -0.4 is 4.74 Å². The van der Waals surface area contributed by atoms with Gasteiger partial charge in [-0.05, 0) is 37.1 Å². The summed E-state index contributed by atoms with van der Waals surface area (Å²) in [6, 6.07) is 11.4. The molecule has 0 bridgehead atoms. The summed E-state index contributed by atoms with van der Waals surface area (Å²) >= 11 is 0. The van der Waals surface area contributed by atoms with Crippen LogP contribution in [0.25, 0.3) is 0 Å². The van der Waals surface area contributed by atoms with E-state index in [0.29, 0.717) is 51.2 Å². The number of rotatable bonds is 6. The molecule has 0 spiro atoms. The number of carbonyl (C=O) groups excluding carboxylic acids is 2. The molecule has 0 N–H and O–H groups in total. The Labute approximate surface area is 159 Å². The molecule has 3 rings (SSSR count). The van der Waals surface area contributed by atoms with E-state index in [4.69, 9.17) is 4.74 Å². The standard InChI is InChI=1S/C21H25N3O3/c1-17-6-2-3-8-19(17)27-15-5-9-20(25)23-11-13-24(14-12-23)21(26)18-7-4-10-22-16-18/h2-4,6-8,10,16H,5,9,11-15H2,1H3. The smallest absolute Gasteiger partial charge is 0.255 e. The number of ether oxygens (including phenoxy) is 1. The maximum atomic E-state index is 12.4. The lowest BCUT2D eigenvalue weighted by Gasteiger charge is -2.34. The van der Waals surface area contributed by atoms with Gasteiger partial charge >= 0.3 is 0 Å². The van der Waals surface area contributed by atoms with E-state index in [0.717, 1.165) is 11.3 Å². The number of hydrogen-bond donors (Lipinski definition) is 0. The maximum Gasteiger partial charge on any atom is 0.255 e. The van der Waals surface area contributed by atoms with Crippen molar-refractivity contribution in [2.45, 2.75) is 19.8 Å². The Morgan fingerprint density at radius 3 is 2.48 bits per heavy atom. The minimum Gasteiger partial charge on any atom is -0.493 e. The molecular formula is C21H25N3O3. The molecule has 2 amide bonds. The number of hydrogen-bond acceptors (Lipinski definition) is 4. The Morgan fingerprint density at radius 2 is 1.78 bits per heavy atom. The zero-order valence-corrected chi connectivity index (χ0v) is 15.6. The summed E-state index contributed by atoms with van der Waals surface area (Å²) in [4.78, 5) is 32.4. The molecule has 6 nitrogen and oxygen atoms in total. The zero-order valence-electron chi connectivity index (χ0n) is 15.6. The van der Waals surface area contributed by atoms with Gasteiger partial charge in [-0.2, -0.15) is 0 Å². The Balaban J connectivity index is 1.38. The second-order valence-electron chi connectivity index (χ2n) is 6.63. The number of pyridine rings is 1. The Bertz CT molecular complexity index is 771. The van der Waals surface area contributed by atoms with E-state index < -0.39 is 0 Å². The van der Waals surface area contributed by atoms with E-state index in [1.54, 1.807) is 29.4 Å². The van der Waals surface area contributed by atoms with Gasteiger partial charge in [0.1, 0.15) is 5.75 Å². The summed E-state index contributed by atoms with van der Waals surface area (Å²) in [6.45, 7) is 4.79. The number of piperazine rings is 1. The van der Waals surface area contributed by atoms with Crippen LogP contribution in [-0.4, -0.2) is 59.4 Å². The molecule has 1 aliphatic heterocycles. The zero-order chi connectivity index (χ0) is 19.1. The molecule has 1 fully saturated rings. The van der Waals surface area contributed by atoms with E-state index in [1.807, 2.05) is 36.1 Å². The molecule has 1 aromatic heterocycles. The van der Waals surface area contributed by atoms with Crippen molar-refractivity contribution in [2.75, 3.05) is 32.8 Å². The highest BCUT2D eigenvalue weighted by Crippen LogP contribution is 2.16. The third-order valence-electron chi connectivity index (χ3n) is 4.71. The normalized spacial score (nSPS) is 14.1. The summed E-state index contributed by atoms with van der Waals surface area (Å²) in [7, 11) is 0. The van der Waals surface area contributed by atoms with Crippen molar-refractivity contribution in [3.63, 3.8) is 0 Å². The number of aryl methyl sites for hydroxylation is 1. The number of amides is 2. The third-order valence-corrected chi connectivity index (χ3v) is 4.71. The molecule has 1 aliphatic rings. The average molecular weight is 367 g/mol. The van der Waals surface area contributed by atoms with Crippen LogP contribution in [0, 0.1) is 6.92 Å². The maximum absolute atomic E-state index is 12.4. The van der Waals surface area contributed by atoms with E-state index in [2.05, 4.69) is 4.98 Å². The van der Waals surface area contributed by atoms with Gasteiger partial charge in [0.15, 0.2) is 0 Å². The van der Waals surface area contributed by atoms with Crippen LogP contribution >= 0.6 is 0 Å². The highest BCUT2D eigenvalue weighted by atomic mass is 16.5. The van der Waals surface area contributed by atoms with E-state index >= 15 is 0 Å². The van der Waals surface area contributed by atoms with Crippen molar-refractivity contribution in [3.05, 3.63) is 59.9 Å². The van der Waals surface area contributed by atoms with Crippen LogP contribution in [0.3, 0.4) is 0 Å². The van der Waals surface area contributed by atoms with Gasteiger partial charge in [0.25, 0.3) is 5.91 Å². The Hall–Kier alpha value is -2.89. The van der Waals surface area contributed by atoms with Gasteiger partial charge < -0.3 is 14.5 Å². The summed E-state index contributed by atoms with van der Waals surface area (Å²) in [5, 5.41) is 0. The van der Waals surface area contributed by atoms with Crippen LogP contribution in [0.5, 0.6) is 5.75 Å². The largest absolute Gasteiger partial charge is 0.493 e. The van der Waals surface area contributed by atoms with Crippen LogP contribution in [0.2, 0.25) is 0 Å². The number of aromatic nitrogens is 1. The molecular weight excluding hydrogens is 342 g/mol. The summed E-state index contributed by atoms with van der Waals surface area (Å²) in [6.07, 6.45) is 4.37. The monoisotopic (exact) mass is 367 g/mol. The van der Waals surface area contributed by atoms with Gasteiger partial charge in [-0.1, -0.05) is 18.2 Å². The van der Waals surface area contributed by atoms with E-state index in [9.17, 15) is 9.59 Å². The molecule has 0 aliphatic carbocycles. The lowest BCUT2D eigenvalue weighted by molar-refractivity contribution is -0.132. The minimum atomic E-state index is -0.0261. The van der Waals surface area contributed by atoms with Crippen LogP contribution in [-0.2, 0) is 4.79 Å². The Kier molecular flexibility index (Phi) is 6.41. The second-order valence-corrected chi connectivity index (χ2v) is 6.63.